The van der Waals surface area contributed by atoms with Crippen molar-refractivity contribution in [3.8, 4) is 23.1 Å². The molecular weight excluding hydrogens is 452 g/mol. The summed E-state index contributed by atoms with van der Waals surface area (Å²) in [6.45, 7) is 3.86. The van der Waals surface area contributed by atoms with E-state index in [4.69, 9.17) is 5.26 Å². The van der Waals surface area contributed by atoms with Crippen LogP contribution in [0.15, 0.2) is 48.5 Å². The summed E-state index contributed by atoms with van der Waals surface area (Å²) in [5.74, 6) is -1.41. The molecule has 4 aromatic rings. The van der Waals surface area contributed by atoms with E-state index in [1.807, 2.05) is 32.0 Å². The summed E-state index contributed by atoms with van der Waals surface area (Å²) in [5.41, 5.74) is 1.19. The summed E-state index contributed by atoms with van der Waals surface area (Å²) in [4.78, 5) is 12.4. The molecule has 0 aromatic carbocycles. The Labute approximate surface area is 190 Å². The SMILES string of the molecule is CC(C)(c1cccc(-c2[c-]cc(F)nc2F)n1)c1cccc(-n2[c-]cc(C#N)n2)n1.[Zn+2]. The van der Waals surface area contributed by atoms with Crippen molar-refractivity contribution in [1.82, 2.24) is 24.7 Å². The predicted molar refractivity (Wildman–Crippen MR) is 103 cm³/mol. The van der Waals surface area contributed by atoms with E-state index in [0.29, 0.717) is 22.9 Å². The third-order valence-corrected chi connectivity index (χ3v) is 4.63. The fourth-order valence-electron chi connectivity index (χ4n) is 2.96. The molecule has 0 N–H and O–H groups in total. The second-order valence-corrected chi connectivity index (χ2v) is 6.99. The molecule has 0 bridgehead atoms. The Bertz CT molecular complexity index is 1280. The van der Waals surface area contributed by atoms with Crippen molar-refractivity contribution >= 4 is 0 Å². The number of hydrogen-bond acceptors (Lipinski definition) is 5. The molecule has 0 atom stereocenters. The fourth-order valence-corrected chi connectivity index (χ4v) is 2.96. The van der Waals surface area contributed by atoms with Crippen LogP contribution < -0.4 is 0 Å². The summed E-state index contributed by atoms with van der Waals surface area (Å²) < 4.78 is 28.6. The Balaban J connectivity index is 0.00000272. The second-order valence-electron chi connectivity index (χ2n) is 6.99. The van der Waals surface area contributed by atoms with Crippen LogP contribution in [0.25, 0.3) is 17.1 Å². The van der Waals surface area contributed by atoms with Crippen LogP contribution >= 0.6 is 0 Å². The first kappa shape index (κ1) is 22.3. The van der Waals surface area contributed by atoms with Crippen molar-refractivity contribution in [2.75, 3.05) is 0 Å². The predicted octanol–water partition coefficient (Wildman–Crippen LogP) is 3.80. The minimum atomic E-state index is -0.972. The maximum Gasteiger partial charge on any atom is 2.00 e. The van der Waals surface area contributed by atoms with Gasteiger partial charge in [-0.3, -0.25) is 9.97 Å². The molecule has 148 valence electrons. The minimum Gasteiger partial charge on any atom is -0.342 e. The van der Waals surface area contributed by atoms with Crippen molar-refractivity contribution in [1.29, 1.82) is 5.26 Å². The van der Waals surface area contributed by atoms with Crippen molar-refractivity contribution in [3.63, 3.8) is 0 Å². The number of nitrogens with zero attached hydrogens (tertiary/aromatic N) is 6. The van der Waals surface area contributed by atoms with E-state index in [9.17, 15) is 8.78 Å². The maximum atomic E-state index is 14.1. The summed E-state index contributed by atoms with van der Waals surface area (Å²) in [6.07, 6.45) is 2.85. The average molecular weight is 466 g/mol. The zero-order chi connectivity index (χ0) is 21.3. The molecule has 31 heavy (non-hydrogen) atoms. The van der Waals surface area contributed by atoms with Crippen LogP contribution in [0.1, 0.15) is 30.9 Å². The first-order valence-electron chi connectivity index (χ1n) is 8.96. The number of hydrogen-bond donors (Lipinski definition) is 0. The molecule has 0 aliphatic rings. The van der Waals surface area contributed by atoms with Gasteiger partial charge in [0.2, 0.25) is 0 Å². The number of rotatable bonds is 4. The van der Waals surface area contributed by atoms with Crippen molar-refractivity contribution in [2.24, 2.45) is 0 Å². The van der Waals surface area contributed by atoms with E-state index in [-0.39, 0.29) is 30.7 Å². The minimum absolute atomic E-state index is 0. The zero-order valence-electron chi connectivity index (χ0n) is 16.8. The van der Waals surface area contributed by atoms with Crippen LogP contribution in [0.2, 0.25) is 0 Å². The Kier molecular flexibility index (Phi) is 6.33. The summed E-state index contributed by atoms with van der Waals surface area (Å²) in [5, 5.41) is 13.1. The first-order chi connectivity index (χ1) is 14.4. The van der Waals surface area contributed by atoms with Crippen LogP contribution in [0.3, 0.4) is 0 Å². The number of nitriles is 1. The van der Waals surface area contributed by atoms with Gasteiger partial charge >= 0.3 is 19.5 Å². The molecule has 6 nitrogen and oxygen atoms in total. The molecular formula is C22H14F2N6Zn. The zero-order valence-corrected chi connectivity index (χ0v) is 19.7. The molecule has 0 spiro atoms. The Morgan fingerprint density at radius 3 is 2.39 bits per heavy atom. The molecule has 0 fully saturated rings. The topological polar surface area (TPSA) is 80.3 Å². The van der Waals surface area contributed by atoms with E-state index in [2.05, 4.69) is 32.3 Å². The quantitative estimate of drug-likeness (QED) is 0.260. The van der Waals surface area contributed by atoms with Gasteiger partial charge < -0.3 is 9.67 Å². The van der Waals surface area contributed by atoms with Crippen LogP contribution in [-0.2, 0) is 24.9 Å². The number of aromatic nitrogens is 5. The van der Waals surface area contributed by atoms with Crippen LogP contribution in [0, 0.1) is 35.5 Å². The molecule has 0 unspecified atom stereocenters. The molecule has 0 saturated carbocycles. The molecule has 4 rings (SSSR count). The molecule has 4 aromatic heterocycles. The van der Waals surface area contributed by atoms with E-state index in [1.165, 1.54) is 10.7 Å². The van der Waals surface area contributed by atoms with Gasteiger partial charge in [0.25, 0.3) is 0 Å². The van der Waals surface area contributed by atoms with E-state index in [0.717, 1.165) is 6.07 Å². The van der Waals surface area contributed by atoms with Gasteiger partial charge in [-0.15, -0.1) is 12.1 Å². The van der Waals surface area contributed by atoms with Crippen molar-refractivity contribution in [2.45, 2.75) is 19.3 Å². The van der Waals surface area contributed by atoms with Gasteiger partial charge in [0.15, 0.2) is 0 Å². The number of halogens is 2. The van der Waals surface area contributed by atoms with Crippen molar-refractivity contribution < 1.29 is 28.3 Å². The van der Waals surface area contributed by atoms with Crippen LogP contribution in [0.4, 0.5) is 8.78 Å². The van der Waals surface area contributed by atoms with E-state index in [1.54, 1.807) is 24.3 Å². The normalized spacial score (nSPS) is 10.9. The van der Waals surface area contributed by atoms with E-state index >= 15 is 0 Å². The fraction of sp³-hybridized carbons (Fsp3) is 0.136. The number of pyridine rings is 3. The standard InChI is InChI=1S/C22H14F2N6.Zn/c1-22(2,18-7-4-8-20(27-18)30-12-11-14(13-25)29-30)17-6-3-5-16(26-17)15-9-10-19(23)28-21(15)24;/h3-8,10-11H,1-2H3;/q-2;+2. The third kappa shape index (κ3) is 4.40. The monoisotopic (exact) mass is 464 g/mol. The van der Waals surface area contributed by atoms with Gasteiger partial charge in [-0.25, -0.2) is 19.1 Å². The van der Waals surface area contributed by atoms with Gasteiger partial charge in [-0.05, 0) is 31.7 Å². The average Bonchev–Trinajstić information content (AvgIpc) is 3.23. The second kappa shape index (κ2) is 8.78. The van der Waals surface area contributed by atoms with Crippen LogP contribution in [0.5, 0.6) is 0 Å². The summed E-state index contributed by atoms with van der Waals surface area (Å²) >= 11 is 0. The molecule has 0 saturated heterocycles. The smallest absolute Gasteiger partial charge is 0.342 e. The summed E-state index contributed by atoms with van der Waals surface area (Å²) in [7, 11) is 0. The Morgan fingerprint density at radius 1 is 1.00 bits per heavy atom. The molecule has 4 heterocycles. The van der Waals surface area contributed by atoms with E-state index < -0.39 is 17.3 Å². The van der Waals surface area contributed by atoms with Gasteiger partial charge in [-0.2, -0.15) is 0 Å². The van der Waals surface area contributed by atoms with Gasteiger partial charge in [0, 0.05) is 16.8 Å². The van der Waals surface area contributed by atoms with Crippen molar-refractivity contribution in [3.05, 3.63) is 89.8 Å². The molecule has 0 radical (unpaired) electrons. The molecule has 0 amide bonds. The molecule has 0 aliphatic carbocycles. The van der Waals surface area contributed by atoms with Gasteiger partial charge in [-0.1, -0.05) is 42.1 Å². The Morgan fingerprint density at radius 2 is 1.71 bits per heavy atom. The Hall–Kier alpha value is -3.37. The van der Waals surface area contributed by atoms with Crippen LogP contribution in [-0.4, -0.2) is 24.7 Å². The molecule has 0 aliphatic heterocycles. The summed E-state index contributed by atoms with van der Waals surface area (Å²) in [6, 6.07) is 17.5. The maximum absolute atomic E-state index is 14.1. The van der Waals surface area contributed by atoms with Gasteiger partial charge in [0.1, 0.15) is 11.9 Å². The first-order valence-corrected chi connectivity index (χ1v) is 8.96. The largest absolute Gasteiger partial charge is 2.00 e. The molecule has 9 heteroatoms. The third-order valence-electron chi connectivity index (χ3n) is 4.63. The van der Waals surface area contributed by atoms with Gasteiger partial charge in [0.05, 0.1) is 17.6 Å².